The predicted octanol–water partition coefficient (Wildman–Crippen LogP) is 2.41. The number of nitrogens with zero attached hydrogens (tertiary/aromatic N) is 1. The Morgan fingerprint density at radius 1 is 0.964 bits per heavy atom. The summed E-state index contributed by atoms with van der Waals surface area (Å²) < 4.78 is 7.88. The van der Waals surface area contributed by atoms with Crippen molar-refractivity contribution >= 4 is 17.5 Å². The van der Waals surface area contributed by atoms with Gasteiger partial charge in [-0.15, -0.1) is 0 Å². The Kier molecular flexibility index (Phi) is 5.79. The van der Waals surface area contributed by atoms with Crippen LogP contribution >= 0.6 is 0 Å². The molecule has 0 fully saturated rings. The largest absolute Gasteiger partial charge is 1.00 e. The third kappa shape index (κ3) is 3.41. The van der Waals surface area contributed by atoms with Crippen LogP contribution in [0.3, 0.4) is 0 Å². The second kappa shape index (κ2) is 7.95. The molecule has 144 valence electrons. The molecule has 1 aliphatic rings. The van der Waals surface area contributed by atoms with Crippen LogP contribution in [-0.4, -0.2) is 29.4 Å². The van der Waals surface area contributed by atoms with E-state index in [1.165, 1.54) is 17.0 Å². The minimum absolute atomic E-state index is 0. The number of ether oxygens (including phenoxy) is 1. The van der Waals surface area contributed by atoms with Crippen LogP contribution in [0.1, 0.15) is 25.1 Å². The van der Waals surface area contributed by atoms with Gasteiger partial charge in [-0.25, -0.2) is 0 Å². The van der Waals surface area contributed by atoms with Crippen molar-refractivity contribution in [1.29, 1.82) is 0 Å². The van der Waals surface area contributed by atoms with Gasteiger partial charge in [0.15, 0.2) is 5.71 Å². The van der Waals surface area contributed by atoms with Crippen LogP contribution in [0.4, 0.5) is 5.69 Å². The molecule has 1 aliphatic heterocycles. The zero-order valence-electron chi connectivity index (χ0n) is 16.7. The summed E-state index contributed by atoms with van der Waals surface area (Å²) in [7, 11) is 3.85. The fraction of sp³-hybridized carbons (Fsp3) is 0.208. The molecule has 1 N–H and O–H groups in total. The second-order valence-electron chi connectivity index (χ2n) is 7.45. The van der Waals surface area contributed by atoms with Gasteiger partial charge in [-0.1, -0.05) is 48.5 Å². The lowest BCUT2D eigenvalue weighted by Gasteiger charge is -2.15. The van der Waals surface area contributed by atoms with Gasteiger partial charge in [0, 0.05) is 29.5 Å². The zero-order chi connectivity index (χ0) is 19.0. The number of hydrogen-bond donors (Lipinski definition) is 1. The van der Waals surface area contributed by atoms with Crippen LogP contribution in [0.5, 0.6) is 5.75 Å². The molecule has 2 aromatic carbocycles. The summed E-state index contributed by atoms with van der Waals surface area (Å²) in [5.74, 6) is 0.849. The summed E-state index contributed by atoms with van der Waals surface area (Å²) >= 11 is 0. The Labute approximate surface area is 183 Å². The number of rotatable bonds is 4. The van der Waals surface area contributed by atoms with Gasteiger partial charge in [-0.2, -0.15) is 4.58 Å². The summed E-state index contributed by atoms with van der Waals surface area (Å²) in [6, 6.07) is 21.0. The summed E-state index contributed by atoms with van der Waals surface area (Å²) in [5.41, 5.74) is 7.03. The lowest BCUT2D eigenvalue weighted by atomic mass is 9.81. The topological polar surface area (TPSA) is 28.0 Å². The van der Waals surface area contributed by atoms with Gasteiger partial charge in [0.2, 0.25) is 5.69 Å². The molecule has 0 amide bonds. The van der Waals surface area contributed by atoms with Crippen LogP contribution in [0.15, 0.2) is 66.7 Å². The number of nitrogens with one attached hydrogen (secondary N) is 1. The average molecular weight is 484 g/mol. The molecule has 4 rings (SSSR count). The first-order valence-electron chi connectivity index (χ1n) is 9.23. The number of hydrogen-bond acceptors (Lipinski definition) is 1. The number of methoxy groups -OCH3 is 1. The first-order chi connectivity index (χ1) is 13.0. The van der Waals surface area contributed by atoms with E-state index in [0.717, 1.165) is 22.7 Å². The van der Waals surface area contributed by atoms with Crippen molar-refractivity contribution in [2.45, 2.75) is 19.3 Å². The van der Waals surface area contributed by atoms with E-state index in [4.69, 9.17) is 4.74 Å². The molecular weight excluding hydrogens is 459 g/mol. The standard InChI is InChI=1S/C24H24N2O.HI/c1-24(2)18-12-8-9-13-21(18)26(3)23(24)15-14-19-22(27-4)16-20(25-19)17-10-6-5-7-11-17;/h5-16H,1-4H3;1H. The Morgan fingerprint density at radius 3 is 2.32 bits per heavy atom. The highest BCUT2D eigenvalue weighted by Crippen LogP contribution is 2.39. The first-order valence-corrected chi connectivity index (χ1v) is 9.23. The Hall–Kier alpha value is -2.34. The number of para-hydroxylation sites is 1. The Morgan fingerprint density at radius 2 is 1.64 bits per heavy atom. The van der Waals surface area contributed by atoms with Gasteiger partial charge in [0.25, 0.3) is 0 Å². The third-order valence-corrected chi connectivity index (χ3v) is 5.46. The molecule has 0 bridgehead atoms. The van der Waals surface area contributed by atoms with Crippen LogP contribution < -0.4 is 28.7 Å². The lowest BCUT2D eigenvalue weighted by Crippen LogP contribution is -3.00. The SMILES string of the molecule is COc1cc(-c2ccccc2)[nH]c1/C=C/C1=[N+](C)c2ccccc2C1(C)C.[I-]. The number of H-pyrrole nitrogens is 1. The molecule has 28 heavy (non-hydrogen) atoms. The van der Waals surface area contributed by atoms with E-state index >= 15 is 0 Å². The van der Waals surface area contributed by atoms with E-state index in [2.05, 4.69) is 85.1 Å². The molecular formula is C24H25IN2O. The molecule has 0 spiro atoms. The van der Waals surface area contributed by atoms with Gasteiger partial charge in [-0.3, -0.25) is 0 Å². The molecule has 0 radical (unpaired) electrons. The lowest BCUT2D eigenvalue weighted by molar-refractivity contribution is -0.401. The maximum absolute atomic E-state index is 5.60. The monoisotopic (exact) mass is 484 g/mol. The van der Waals surface area contributed by atoms with E-state index in [0.29, 0.717) is 0 Å². The van der Waals surface area contributed by atoms with Crippen molar-refractivity contribution in [2.24, 2.45) is 0 Å². The molecule has 4 heteroatoms. The van der Waals surface area contributed by atoms with E-state index in [-0.39, 0.29) is 29.4 Å². The highest BCUT2D eigenvalue weighted by molar-refractivity contribution is 6.05. The molecule has 3 nitrogen and oxygen atoms in total. The van der Waals surface area contributed by atoms with E-state index < -0.39 is 0 Å². The Balaban J connectivity index is 0.00000225. The van der Waals surface area contributed by atoms with Crippen molar-refractivity contribution in [3.8, 4) is 17.0 Å². The van der Waals surface area contributed by atoms with Gasteiger partial charge in [-0.05, 0) is 25.5 Å². The highest BCUT2D eigenvalue weighted by atomic mass is 127. The molecule has 0 saturated carbocycles. The number of aromatic amines is 1. The molecule has 0 unspecified atom stereocenters. The molecule has 0 saturated heterocycles. The van der Waals surface area contributed by atoms with Crippen molar-refractivity contribution in [3.05, 3.63) is 78.0 Å². The summed E-state index contributed by atoms with van der Waals surface area (Å²) in [6.45, 7) is 4.55. The minimum atomic E-state index is -0.0378. The maximum Gasteiger partial charge on any atom is 0.209 e. The molecule has 3 aromatic rings. The highest BCUT2D eigenvalue weighted by Gasteiger charge is 2.42. The van der Waals surface area contributed by atoms with Crippen LogP contribution in [0, 0.1) is 0 Å². The van der Waals surface area contributed by atoms with Gasteiger partial charge in [0.1, 0.15) is 12.8 Å². The fourth-order valence-electron chi connectivity index (χ4n) is 3.98. The van der Waals surface area contributed by atoms with Gasteiger partial charge < -0.3 is 33.7 Å². The molecule has 0 aliphatic carbocycles. The van der Waals surface area contributed by atoms with Crippen molar-refractivity contribution < 1.29 is 33.3 Å². The molecule has 1 aromatic heterocycles. The minimum Gasteiger partial charge on any atom is -1.00 e. The second-order valence-corrected chi connectivity index (χ2v) is 7.45. The third-order valence-electron chi connectivity index (χ3n) is 5.46. The fourth-order valence-corrected chi connectivity index (χ4v) is 3.98. The number of benzene rings is 2. The van der Waals surface area contributed by atoms with Gasteiger partial charge in [0.05, 0.1) is 18.2 Å². The average Bonchev–Trinajstić information content (AvgIpc) is 3.19. The zero-order valence-corrected chi connectivity index (χ0v) is 18.8. The number of allylic oxidation sites excluding steroid dienone is 1. The van der Waals surface area contributed by atoms with Crippen molar-refractivity contribution in [2.75, 3.05) is 14.2 Å². The summed E-state index contributed by atoms with van der Waals surface area (Å²) in [4.78, 5) is 3.49. The molecule has 2 heterocycles. The van der Waals surface area contributed by atoms with E-state index in [9.17, 15) is 0 Å². The maximum atomic E-state index is 5.60. The smallest absolute Gasteiger partial charge is 0.209 e. The normalized spacial score (nSPS) is 14.9. The quantitative estimate of drug-likeness (QED) is 0.447. The number of aromatic nitrogens is 1. The number of fused-ring (bicyclic) bond motifs is 1. The van der Waals surface area contributed by atoms with Crippen molar-refractivity contribution in [3.63, 3.8) is 0 Å². The first kappa shape index (κ1) is 20.4. The summed E-state index contributed by atoms with van der Waals surface area (Å²) in [6.07, 6.45) is 4.31. The van der Waals surface area contributed by atoms with Crippen LogP contribution in [-0.2, 0) is 5.41 Å². The predicted molar refractivity (Wildman–Crippen MR) is 112 cm³/mol. The van der Waals surface area contributed by atoms with E-state index in [1.54, 1.807) is 7.11 Å². The number of halogens is 1. The van der Waals surface area contributed by atoms with Gasteiger partial charge >= 0.3 is 0 Å². The van der Waals surface area contributed by atoms with E-state index in [1.807, 2.05) is 18.2 Å². The van der Waals surface area contributed by atoms with Crippen LogP contribution in [0.25, 0.3) is 17.3 Å². The Bertz CT molecular complexity index is 1050. The summed E-state index contributed by atoms with van der Waals surface area (Å²) in [5, 5.41) is 0. The van der Waals surface area contributed by atoms with Crippen LogP contribution in [0.2, 0.25) is 0 Å². The molecule has 0 atom stereocenters. The van der Waals surface area contributed by atoms with Crippen molar-refractivity contribution in [1.82, 2.24) is 4.98 Å².